The van der Waals surface area contributed by atoms with Crippen LogP contribution < -0.4 is 15.2 Å². The fraction of sp³-hybridized carbons (Fsp3) is 0.217. The predicted octanol–water partition coefficient (Wildman–Crippen LogP) is 4.80. The molecule has 182 valence electrons. The summed E-state index contributed by atoms with van der Waals surface area (Å²) in [5.74, 6) is -2.34. The van der Waals surface area contributed by atoms with Gasteiger partial charge in [-0.3, -0.25) is 4.79 Å². The van der Waals surface area contributed by atoms with Gasteiger partial charge in [0.15, 0.2) is 11.4 Å². The van der Waals surface area contributed by atoms with Crippen molar-refractivity contribution in [3.8, 4) is 22.8 Å². The minimum Gasteiger partial charge on any atom is -0.480 e. The number of halogens is 4. The number of Topliss-reactive ketones (excluding diaryl/α,β-unsaturated/α-hetero) is 1. The lowest BCUT2D eigenvalue weighted by atomic mass is 9.92. The Morgan fingerprint density at radius 3 is 2.66 bits per heavy atom. The number of aromatic nitrogens is 4. The van der Waals surface area contributed by atoms with Crippen molar-refractivity contribution in [3.05, 3.63) is 65.7 Å². The normalized spacial score (nSPS) is 12.5. The van der Waals surface area contributed by atoms with E-state index in [1.165, 1.54) is 24.7 Å². The van der Waals surface area contributed by atoms with E-state index in [1.54, 1.807) is 24.4 Å². The first-order chi connectivity index (χ1) is 16.5. The molecule has 0 fully saturated rings. The highest BCUT2D eigenvalue weighted by Gasteiger charge is 2.31. The van der Waals surface area contributed by atoms with Gasteiger partial charge in [0.2, 0.25) is 11.8 Å². The third kappa shape index (κ3) is 5.31. The molecule has 4 rings (SSSR count). The molecule has 8 nitrogen and oxygen atoms in total. The molecule has 2 N–H and O–H groups in total. The number of hydrogen-bond acceptors (Lipinski definition) is 7. The second kappa shape index (κ2) is 9.20. The molecule has 1 aromatic carbocycles. The summed E-state index contributed by atoms with van der Waals surface area (Å²) in [5, 5.41) is 4.01. The van der Waals surface area contributed by atoms with Crippen LogP contribution in [0.5, 0.6) is 11.6 Å². The number of carbonyl (C=O) groups is 1. The Morgan fingerprint density at radius 1 is 1.17 bits per heavy atom. The van der Waals surface area contributed by atoms with Crippen molar-refractivity contribution >= 4 is 17.4 Å². The number of pyridine rings is 2. The maximum atomic E-state index is 14.4. The molecule has 0 spiro atoms. The maximum Gasteiger partial charge on any atom is 0.573 e. The van der Waals surface area contributed by atoms with Crippen molar-refractivity contribution in [1.29, 1.82) is 0 Å². The van der Waals surface area contributed by atoms with Crippen LogP contribution in [0.15, 0.2) is 48.8 Å². The zero-order chi connectivity index (χ0) is 25.3. The second-order valence-electron chi connectivity index (χ2n) is 7.73. The van der Waals surface area contributed by atoms with Crippen molar-refractivity contribution in [1.82, 2.24) is 19.6 Å². The Kier molecular flexibility index (Phi) is 6.29. The Labute approximate surface area is 196 Å². The average Bonchev–Trinajstić information content (AvgIpc) is 3.18. The van der Waals surface area contributed by atoms with E-state index in [2.05, 4.69) is 19.8 Å². The summed E-state index contributed by atoms with van der Waals surface area (Å²) in [6.07, 6.45) is -1.97. The molecule has 3 aromatic heterocycles. The molecule has 0 saturated heterocycles. The summed E-state index contributed by atoms with van der Waals surface area (Å²) in [4.78, 5) is 21.4. The Hall–Kier alpha value is -4.22. The molecular weight excluding hydrogens is 470 g/mol. The Morgan fingerprint density at radius 2 is 1.94 bits per heavy atom. The largest absolute Gasteiger partial charge is 0.573 e. The number of fused-ring (bicyclic) bond motifs is 1. The molecule has 0 aliphatic carbocycles. The molecular formula is C23H19F4N5O3. The highest BCUT2D eigenvalue weighted by atomic mass is 19.4. The van der Waals surface area contributed by atoms with Crippen LogP contribution in [-0.4, -0.2) is 38.8 Å². The lowest BCUT2D eigenvalue weighted by molar-refractivity contribution is -0.274. The van der Waals surface area contributed by atoms with Gasteiger partial charge in [0.1, 0.15) is 11.6 Å². The van der Waals surface area contributed by atoms with Crippen LogP contribution in [0, 0.1) is 5.82 Å². The van der Waals surface area contributed by atoms with Crippen molar-refractivity contribution in [3.63, 3.8) is 0 Å². The number of alkyl halides is 3. The molecule has 12 heteroatoms. The van der Waals surface area contributed by atoms with E-state index < -0.39 is 29.6 Å². The van der Waals surface area contributed by atoms with E-state index in [0.29, 0.717) is 16.8 Å². The number of benzene rings is 1. The van der Waals surface area contributed by atoms with Crippen LogP contribution in [0.3, 0.4) is 0 Å². The minimum atomic E-state index is -4.92. The highest BCUT2D eigenvalue weighted by molar-refractivity contribution is 5.99. The van der Waals surface area contributed by atoms with Gasteiger partial charge in [0.25, 0.3) is 0 Å². The molecule has 0 amide bonds. The first-order valence-corrected chi connectivity index (χ1v) is 10.3. The molecule has 0 aliphatic heterocycles. The van der Waals surface area contributed by atoms with Gasteiger partial charge in [-0.05, 0) is 53.4 Å². The molecule has 0 bridgehead atoms. The van der Waals surface area contributed by atoms with E-state index in [4.69, 9.17) is 10.5 Å². The van der Waals surface area contributed by atoms with Gasteiger partial charge in [0.05, 0.1) is 12.7 Å². The lowest BCUT2D eigenvalue weighted by Gasteiger charge is -2.16. The number of rotatable bonds is 7. The van der Waals surface area contributed by atoms with Gasteiger partial charge in [-0.15, -0.1) is 18.3 Å². The maximum absolute atomic E-state index is 14.4. The van der Waals surface area contributed by atoms with Gasteiger partial charge in [0, 0.05) is 24.4 Å². The standard InChI is InChI=1S/C23H19F4N5O3/c1-12(16-10-15(3-4-18(16)24)35-23(25,26)27)7-19(33)17-8-14(11-29-21(17)34-2)13-5-6-32-20(9-13)30-22(28)31-32/h3-6,8-12H,7H2,1-2H3,(H2,28,31). The minimum absolute atomic E-state index is 0.0633. The van der Waals surface area contributed by atoms with Gasteiger partial charge >= 0.3 is 6.36 Å². The van der Waals surface area contributed by atoms with Crippen LogP contribution in [-0.2, 0) is 0 Å². The zero-order valence-electron chi connectivity index (χ0n) is 18.5. The monoisotopic (exact) mass is 489 g/mol. The molecule has 3 heterocycles. The summed E-state index contributed by atoms with van der Waals surface area (Å²) < 4.78 is 62.6. The van der Waals surface area contributed by atoms with E-state index in [0.717, 1.165) is 18.2 Å². The van der Waals surface area contributed by atoms with E-state index >= 15 is 0 Å². The smallest absolute Gasteiger partial charge is 0.480 e. The Bertz CT molecular complexity index is 1400. The van der Waals surface area contributed by atoms with Crippen LogP contribution in [0.1, 0.15) is 35.2 Å². The fourth-order valence-electron chi connectivity index (χ4n) is 3.65. The molecule has 4 aromatic rings. The summed E-state index contributed by atoms with van der Waals surface area (Å²) >= 11 is 0. The predicted molar refractivity (Wildman–Crippen MR) is 118 cm³/mol. The third-order valence-corrected chi connectivity index (χ3v) is 5.26. The number of ether oxygens (including phenoxy) is 2. The second-order valence-corrected chi connectivity index (χ2v) is 7.73. The quantitative estimate of drug-likeness (QED) is 0.294. The van der Waals surface area contributed by atoms with Gasteiger partial charge in [-0.1, -0.05) is 6.92 Å². The van der Waals surface area contributed by atoms with Crippen molar-refractivity contribution < 1.29 is 31.8 Å². The van der Waals surface area contributed by atoms with E-state index in [1.807, 2.05) is 0 Å². The lowest BCUT2D eigenvalue weighted by Crippen LogP contribution is -2.17. The van der Waals surface area contributed by atoms with Crippen LogP contribution in [0.4, 0.5) is 23.5 Å². The molecule has 0 radical (unpaired) electrons. The van der Waals surface area contributed by atoms with Gasteiger partial charge in [-0.2, -0.15) is 4.98 Å². The summed E-state index contributed by atoms with van der Waals surface area (Å²) in [7, 11) is 1.35. The van der Waals surface area contributed by atoms with Crippen molar-refractivity contribution in [2.24, 2.45) is 0 Å². The van der Waals surface area contributed by atoms with Crippen LogP contribution >= 0.6 is 0 Å². The summed E-state index contributed by atoms with van der Waals surface area (Å²) in [6, 6.07) is 7.71. The van der Waals surface area contributed by atoms with Gasteiger partial charge in [-0.25, -0.2) is 13.9 Å². The molecule has 35 heavy (non-hydrogen) atoms. The Balaban J connectivity index is 1.62. The van der Waals surface area contributed by atoms with E-state index in [9.17, 15) is 22.4 Å². The molecule has 0 aliphatic rings. The number of anilines is 1. The highest BCUT2D eigenvalue weighted by Crippen LogP contribution is 2.32. The number of methoxy groups -OCH3 is 1. The third-order valence-electron chi connectivity index (χ3n) is 5.26. The fourth-order valence-corrected chi connectivity index (χ4v) is 3.65. The summed E-state index contributed by atoms with van der Waals surface area (Å²) in [5.41, 5.74) is 7.43. The molecule has 1 atom stereocenters. The zero-order valence-corrected chi connectivity index (χ0v) is 18.5. The number of nitrogen functional groups attached to an aromatic ring is 1. The van der Waals surface area contributed by atoms with Crippen molar-refractivity contribution in [2.75, 3.05) is 12.8 Å². The first-order valence-electron chi connectivity index (χ1n) is 10.3. The average molecular weight is 489 g/mol. The molecule has 0 saturated carbocycles. The number of ketones is 1. The first kappa shape index (κ1) is 23.9. The number of hydrogen-bond donors (Lipinski definition) is 1. The van der Waals surface area contributed by atoms with Crippen LogP contribution in [0.2, 0.25) is 0 Å². The van der Waals surface area contributed by atoms with Crippen molar-refractivity contribution in [2.45, 2.75) is 25.6 Å². The number of nitrogens with two attached hydrogens (primary N) is 1. The summed E-state index contributed by atoms with van der Waals surface area (Å²) in [6.45, 7) is 1.53. The van der Waals surface area contributed by atoms with E-state index in [-0.39, 0.29) is 29.4 Å². The van der Waals surface area contributed by atoms with Gasteiger partial charge < -0.3 is 15.2 Å². The SMILES string of the molecule is COc1ncc(-c2ccn3nc(N)nc3c2)cc1C(=O)CC(C)c1cc(OC(F)(F)F)ccc1F. The topological polar surface area (TPSA) is 105 Å². The molecule has 1 unspecified atom stereocenters. The number of carbonyl (C=O) groups excluding carboxylic acids is 1. The van der Waals surface area contributed by atoms with Crippen LogP contribution in [0.25, 0.3) is 16.8 Å². The number of nitrogens with zero attached hydrogens (tertiary/aromatic N) is 4.